The average molecular weight is 276 g/mol. The van der Waals surface area contributed by atoms with Gasteiger partial charge in [-0.1, -0.05) is 25.1 Å². The van der Waals surface area contributed by atoms with Crippen molar-refractivity contribution in [3.63, 3.8) is 0 Å². The van der Waals surface area contributed by atoms with Crippen molar-refractivity contribution in [3.8, 4) is 0 Å². The van der Waals surface area contributed by atoms with Gasteiger partial charge in [-0.05, 0) is 30.0 Å². The second-order valence-electron chi connectivity index (χ2n) is 5.93. The fraction of sp³-hybridized carbons (Fsp3) is 0.533. The maximum atomic E-state index is 12.7. The van der Waals surface area contributed by atoms with Crippen molar-refractivity contribution in [1.82, 2.24) is 4.90 Å². The van der Waals surface area contributed by atoms with E-state index in [0.29, 0.717) is 6.54 Å². The highest BCUT2D eigenvalue weighted by Gasteiger charge is 2.39. The molecule has 2 atom stereocenters. The maximum Gasteiger partial charge on any atom is 0.231 e. The third-order valence-corrected chi connectivity index (χ3v) is 5.54. The Morgan fingerprint density at radius 2 is 2.32 bits per heavy atom. The number of carbonyl (C=O) groups is 1. The average Bonchev–Trinajstić information content (AvgIpc) is 3.03. The molecule has 4 heteroatoms. The van der Waals surface area contributed by atoms with E-state index in [0.717, 1.165) is 25.3 Å². The molecule has 3 rings (SSSR count). The first-order valence-electron chi connectivity index (χ1n) is 6.83. The summed E-state index contributed by atoms with van der Waals surface area (Å²) >= 11 is 1.80. The molecule has 0 aromatic heterocycles. The highest BCUT2D eigenvalue weighted by atomic mass is 32.2. The molecule has 0 spiro atoms. The zero-order valence-electron chi connectivity index (χ0n) is 11.3. The fourth-order valence-electron chi connectivity index (χ4n) is 2.97. The molecule has 3 nitrogen and oxygen atoms in total. The summed E-state index contributed by atoms with van der Waals surface area (Å²) in [5, 5.41) is 0. The number of hydrogen-bond acceptors (Lipinski definition) is 3. The Hall–Kier alpha value is -1.00. The number of fused-ring (bicyclic) bond motifs is 1. The third-order valence-electron chi connectivity index (χ3n) is 4.36. The second-order valence-corrected chi connectivity index (χ2v) is 6.99. The summed E-state index contributed by atoms with van der Waals surface area (Å²) in [6.45, 7) is 4.51. The van der Waals surface area contributed by atoms with Crippen LogP contribution in [0.4, 0.5) is 0 Å². The number of amides is 1. The predicted molar refractivity (Wildman–Crippen MR) is 78.3 cm³/mol. The highest BCUT2D eigenvalue weighted by molar-refractivity contribution is 7.99. The SMILES string of the molecule is CC1(CN)CCN(C(=O)C2CSc3ccccc32)C1. The van der Waals surface area contributed by atoms with Crippen LogP contribution >= 0.6 is 11.8 Å². The Kier molecular flexibility index (Phi) is 3.31. The smallest absolute Gasteiger partial charge is 0.231 e. The molecular weight excluding hydrogens is 256 g/mol. The van der Waals surface area contributed by atoms with Crippen molar-refractivity contribution in [3.05, 3.63) is 29.8 Å². The number of hydrogen-bond donors (Lipinski definition) is 1. The number of benzene rings is 1. The first kappa shape index (κ1) is 13.0. The molecule has 0 saturated carbocycles. The van der Waals surface area contributed by atoms with E-state index in [-0.39, 0.29) is 17.2 Å². The monoisotopic (exact) mass is 276 g/mol. The standard InChI is InChI=1S/C15H20N2OS/c1-15(9-16)6-7-17(10-15)14(18)12-8-19-13-5-3-2-4-11(12)13/h2-5,12H,6-10,16H2,1H3. The fourth-order valence-corrected chi connectivity index (χ4v) is 4.19. The van der Waals surface area contributed by atoms with E-state index in [1.54, 1.807) is 11.8 Å². The topological polar surface area (TPSA) is 46.3 Å². The molecule has 1 aromatic rings. The van der Waals surface area contributed by atoms with Crippen molar-refractivity contribution in [2.24, 2.45) is 11.1 Å². The van der Waals surface area contributed by atoms with Crippen LogP contribution in [0, 0.1) is 5.41 Å². The van der Waals surface area contributed by atoms with Gasteiger partial charge in [0.05, 0.1) is 5.92 Å². The maximum absolute atomic E-state index is 12.7. The summed E-state index contributed by atoms with van der Waals surface area (Å²) < 4.78 is 0. The van der Waals surface area contributed by atoms with E-state index in [1.807, 2.05) is 17.0 Å². The Balaban J connectivity index is 1.76. The van der Waals surface area contributed by atoms with Gasteiger partial charge in [0.25, 0.3) is 0 Å². The molecule has 102 valence electrons. The zero-order valence-corrected chi connectivity index (χ0v) is 12.1. The summed E-state index contributed by atoms with van der Waals surface area (Å²) in [6, 6.07) is 8.27. The summed E-state index contributed by atoms with van der Waals surface area (Å²) in [5.41, 5.74) is 7.14. The molecule has 0 radical (unpaired) electrons. The first-order valence-corrected chi connectivity index (χ1v) is 7.82. The van der Waals surface area contributed by atoms with Gasteiger partial charge in [0.2, 0.25) is 5.91 Å². The van der Waals surface area contributed by atoms with Gasteiger partial charge in [-0.2, -0.15) is 0 Å². The number of likely N-dealkylation sites (tertiary alicyclic amines) is 1. The lowest BCUT2D eigenvalue weighted by Crippen LogP contribution is -2.37. The molecule has 2 unspecified atom stereocenters. The van der Waals surface area contributed by atoms with E-state index in [2.05, 4.69) is 19.1 Å². The van der Waals surface area contributed by atoms with Crippen LogP contribution in [0.15, 0.2) is 29.2 Å². The quantitative estimate of drug-likeness (QED) is 0.899. The molecule has 2 N–H and O–H groups in total. The molecule has 1 fully saturated rings. The molecule has 19 heavy (non-hydrogen) atoms. The van der Waals surface area contributed by atoms with E-state index in [9.17, 15) is 4.79 Å². The molecule has 1 amide bonds. The van der Waals surface area contributed by atoms with Crippen molar-refractivity contribution >= 4 is 17.7 Å². The number of thioether (sulfide) groups is 1. The van der Waals surface area contributed by atoms with Crippen LogP contribution in [0.5, 0.6) is 0 Å². The van der Waals surface area contributed by atoms with Crippen molar-refractivity contribution in [2.45, 2.75) is 24.2 Å². The number of nitrogens with zero attached hydrogens (tertiary/aromatic N) is 1. The van der Waals surface area contributed by atoms with Crippen LogP contribution < -0.4 is 5.73 Å². The van der Waals surface area contributed by atoms with E-state index < -0.39 is 0 Å². The van der Waals surface area contributed by atoms with Gasteiger partial charge in [0, 0.05) is 23.7 Å². The number of nitrogens with two attached hydrogens (primary N) is 1. The highest BCUT2D eigenvalue weighted by Crippen LogP contribution is 2.41. The van der Waals surface area contributed by atoms with E-state index in [1.165, 1.54) is 10.5 Å². The molecule has 0 bridgehead atoms. The molecule has 2 heterocycles. The van der Waals surface area contributed by atoms with Gasteiger partial charge in [0.15, 0.2) is 0 Å². The molecule has 2 aliphatic rings. The van der Waals surface area contributed by atoms with E-state index in [4.69, 9.17) is 5.73 Å². The van der Waals surface area contributed by atoms with Gasteiger partial charge in [-0.3, -0.25) is 4.79 Å². The number of carbonyl (C=O) groups excluding carboxylic acids is 1. The van der Waals surface area contributed by atoms with Crippen LogP contribution in [-0.4, -0.2) is 36.2 Å². The lowest BCUT2D eigenvalue weighted by molar-refractivity contribution is -0.131. The minimum Gasteiger partial charge on any atom is -0.342 e. The number of rotatable bonds is 2. The van der Waals surface area contributed by atoms with Crippen LogP contribution in [0.25, 0.3) is 0 Å². The lowest BCUT2D eigenvalue weighted by atomic mass is 9.90. The minimum absolute atomic E-state index is 0.0429. The normalized spacial score (nSPS) is 29.6. The predicted octanol–water partition coefficient (Wildman–Crippen LogP) is 2.07. The Morgan fingerprint density at radius 1 is 1.53 bits per heavy atom. The third kappa shape index (κ3) is 2.28. The molecule has 1 aromatic carbocycles. The second kappa shape index (κ2) is 4.84. The van der Waals surface area contributed by atoms with Crippen molar-refractivity contribution in [2.75, 3.05) is 25.4 Å². The Bertz CT molecular complexity index is 505. The molecule has 0 aliphatic carbocycles. The first-order chi connectivity index (χ1) is 9.13. The van der Waals surface area contributed by atoms with Gasteiger partial charge in [0.1, 0.15) is 0 Å². The zero-order chi connectivity index (χ0) is 13.5. The lowest BCUT2D eigenvalue weighted by Gasteiger charge is -2.24. The molecule has 1 saturated heterocycles. The van der Waals surface area contributed by atoms with Crippen LogP contribution in [0.2, 0.25) is 0 Å². The summed E-state index contributed by atoms with van der Waals surface area (Å²) in [5.74, 6) is 1.21. The van der Waals surface area contributed by atoms with Crippen LogP contribution in [-0.2, 0) is 4.79 Å². The van der Waals surface area contributed by atoms with Crippen LogP contribution in [0.1, 0.15) is 24.8 Å². The van der Waals surface area contributed by atoms with Gasteiger partial charge < -0.3 is 10.6 Å². The Morgan fingerprint density at radius 3 is 3.05 bits per heavy atom. The van der Waals surface area contributed by atoms with Gasteiger partial charge in [-0.25, -0.2) is 0 Å². The van der Waals surface area contributed by atoms with Gasteiger partial charge in [-0.15, -0.1) is 11.8 Å². The Labute approximate surface area is 118 Å². The van der Waals surface area contributed by atoms with Gasteiger partial charge >= 0.3 is 0 Å². The summed E-state index contributed by atoms with van der Waals surface area (Å²) in [4.78, 5) is 16.0. The van der Waals surface area contributed by atoms with Crippen molar-refractivity contribution < 1.29 is 4.79 Å². The molecule has 2 aliphatic heterocycles. The summed E-state index contributed by atoms with van der Waals surface area (Å²) in [6.07, 6.45) is 1.02. The van der Waals surface area contributed by atoms with E-state index >= 15 is 0 Å². The molecular formula is C15H20N2OS. The van der Waals surface area contributed by atoms with Crippen molar-refractivity contribution in [1.29, 1.82) is 0 Å². The van der Waals surface area contributed by atoms with Crippen LogP contribution in [0.3, 0.4) is 0 Å². The minimum atomic E-state index is 0.0429. The summed E-state index contributed by atoms with van der Waals surface area (Å²) in [7, 11) is 0. The largest absolute Gasteiger partial charge is 0.342 e.